The third kappa shape index (κ3) is 3.48. The zero-order chi connectivity index (χ0) is 14.4. The van der Waals surface area contributed by atoms with Gasteiger partial charge in [-0.05, 0) is 37.6 Å². The van der Waals surface area contributed by atoms with Gasteiger partial charge in [0.05, 0.1) is 18.2 Å². The number of nitrogens with zero attached hydrogens (tertiary/aromatic N) is 2. The molecule has 20 heavy (non-hydrogen) atoms. The van der Waals surface area contributed by atoms with Gasteiger partial charge in [0.1, 0.15) is 5.75 Å². The Morgan fingerprint density at radius 2 is 2.05 bits per heavy atom. The molecule has 1 heterocycles. The Morgan fingerprint density at radius 1 is 1.25 bits per heavy atom. The largest absolute Gasteiger partial charge is 0.493 e. The van der Waals surface area contributed by atoms with Crippen LogP contribution in [0.2, 0.25) is 0 Å². The molecule has 0 aliphatic rings. The summed E-state index contributed by atoms with van der Waals surface area (Å²) in [6.45, 7) is 3.05. The van der Waals surface area contributed by atoms with Crippen LogP contribution >= 0.6 is 0 Å². The Labute approximate surface area is 117 Å². The van der Waals surface area contributed by atoms with E-state index in [1.54, 1.807) is 34.9 Å². The van der Waals surface area contributed by atoms with Gasteiger partial charge in [0.25, 0.3) is 5.56 Å². The molecule has 4 nitrogen and oxygen atoms in total. The first-order valence-electron chi connectivity index (χ1n) is 6.50. The average molecular weight is 268 g/mol. The van der Waals surface area contributed by atoms with Crippen LogP contribution in [0.3, 0.4) is 0 Å². The van der Waals surface area contributed by atoms with Crippen LogP contribution in [0.5, 0.6) is 5.75 Å². The van der Waals surface area contributed by atoms with E-state index < -0.39 is 0 Å². The number of aryl methyl sites for hydroxylation is 1. The van der Waals surface area contributed by atoms with Gasteiger partial charge in [-0.3, -0.25) is 4.79 Å². The van der Waals surface area contributed by atoms with E-state index in [0.717, 1.165) is 12.1 Å². The molecule has 0 radical (unpaired) electrons. The third-order valence-corrected chi connectivity index (χ3v) is 3.03. The summed E-state index contributed by atoms with van der Waals surface area (Å²) in [6.07, 6.45) is 0.738. The number of ether oxygens (including phenoxy) is 1. The van der Waals surface area contributed by atoms with Crippen molar-refractivity contribution in [2.75, 3.05) is 6.61 Å². The molecule has 1 aromatic carbocycles. The van der Waals surface area contributed by atoms with E-state index in [4.69, 9.17) is 10.00 Å². The normalized spacial score (nSPS) is 10.0. The minimum atomic E-state index is 0.0106. The van der Waals surface area contributed by atoms with Crippen molar-refractivity contribution in [2.45, 2.75) is 19.9 Å². The lowest BCUT2D eigenvalue weighted by atomic mass is 10.2. The lowest BCUT2D eigenvalue weighted by Gasteiger charge is -2.10. The zero-order valence-corrected chi connectivity index (χ0v) is 11.4. The van der Waals surface area contributed by atoms with Crippen LogP contribution in [0.4, 0.5) is 0 Å². The quantitative estimate of drug-likeness (QED) is 0.783. The van der Waals surface area contributed by atoms with Crippen LogP contribution < -0.4 is 10.3 Å². The minimum Gasteiger partial charge on any atom is -0.493 e. The highest BCUT2D eigenvalue weighted by atomic mass is 16.5. The van der Waals surface area contributed by atoms with Crippen LogP contribution in [-0.4, -0.2) is 11.2 Å². The summed E-state index contributed by atoms with van der Waals surface area (Å²) in [7, 11) is 0. The van der Waals surface area contributed by atoms with Crippen LogP contribution in [0, 0.1) is 18.3 Å². The second-order valence-corrected chi connectivity index (χ2v) is 4.50. The molecular weight excluding hydrogens is 252 g/mol. The van der Waals surface area contributed by atoms with Gasteiger partial charge in [0.15, 0.2) is 0 Å². The van der Waals surface area contributed by atoms with Gasteiger partial charge < -0.3 is 9.30 Å². The Bertz CT molecular complexity index is 683. The van der Waals surface area contributed by atoms with Gasteiger partial charge in [-0.25, -0.2) is 0 Å². The van der Waals surface area contributed by atoms with Crippen molar-refractivity contribution >= 4 is 0 Å². The van der Waals surface area contributed by atoms with E-state index in [2.05, 4.69) is 6.07 Å². The van der Waals surface area contributed by atoms with E-state index in [1.807, 2.05) is 19.1 Å². The fourth-order valence-corrected chi connectivity index (χ4v) is 1.98. The SMILES string of the molecule is Cc1cccc(=O)n1CCCOc1cccc(C#N)c1. The first-order chi connectivity index (χ1) is 9.70. The lowest BCUT2D eigenvalue weighted by Crippen LogP contribution is -2.21. The monoisotopic (exact) mass is 268 g/mol. The smallest absolute Gasteiger partial charge is 0.250 e. The first kappa shape index (κ1) is 13.9. The molecular formula is C16H16N2O2. The van der Waals surface area contributed by atoms with Gasteiger partial charge >= 0.3 is 0 Å². The number of nitriles is 1. The second-order valence-electron chi connectivity index (χ2n) is 4.50. The Hall–Kier alpha value is -2.54. The highest BCUT2D eigenvalue weighted by molar-refractivity contribution is 5.36. The van der Waals surface area contributed by atoms with Crippen LogP contribution in [0.25, 0.3) is 0 Å². The number of hydrogen-bond acceptors (Lipinski definition) is 3. The summed E-state index contributed by atoms with van der Waals surface area (Å²) < 4.78 is 7.31. The number of benzene rings is 1. The predicted molar refractivity (Wildman–Crippen MR) is 76.7 cm³/mol. The van der Waals surface area contributed by atoms with Gasteiger partial charge in [-0.15, -0.1) is 0 Å². The number of pyridine rings is 1. The molecule has 0 spiro atoms. The molecule has 0 unspecified atom stereocenters. The standard InChI is InChI=1S/C16H16N2O2/c1-13-5-2-8-16(19)18(13)9-4-10-20-15-7-3-6-14(11-15)12-17/h2-3,5-8,11H,4,9-10H2,1H3. The van der Waals surface area contributed by atoms with Gasteiger partial charge in [0.2, 0.25) is 0 Å². The third-order valence-electron chi connectivity index (χ3n) is 3.03. The van der Waals surface area contributed by atoms with Crippen molar-refractivity contribution in [1.29, 1.82) is 5.26 Å². The van der Waals surface area contributed by atoms with E-state index in [1.165, 1.54) is 0 Å². The van der Waals surface area contributed by atoms with Crippen molar-refractivity contribution in [1.82, 2.24) is 4.57 Å². The summed E-state index contributed by atoms with van der Waals surface area (Å²) in [4.78, 5) is 11.7. The van der Waals surface area contributed by atoms with Gasteiger partial charge in [-0.2, -0.15) is 5.26 Å². The molecule has 0 aliphatic carbocycles. The molecule has 0 atom stereocenters. The van der Waals surface area contributed by atoms with E-state index >= 15 is 0 Å². The molecule has 2 aromatic rings. The Morgan fingerprint density at radius 3 is 2.80 bits per heavy atom. The number of hydrogen-bond donors (Lipinski definition) is 0. The summed E-state index contributed by atoms with van der Waals surface area (Å²) in [5, 5.41) is 8.80. The second kappa shape index (κ2) is 6.58. The van der Waals surface area contributed by atoms with E-state index in [0.29, 0.717) is 24.5 Å². The maximum Gasteiger partial charge on any atom is 0.250 e. The van der Waals surface area contributed by atoms with E-state index in [9.17, 15) is 4.79 Å². The average Bonchev–Trinajstić information content (AvgIpc) is 2.46. The van der Waals surface area contributed by atoms with Crippen molar-refractivity contribution in [3.05, 3.63) is 64.1 Å². The minimum absolute atomic E-state index is 0.0106. The van der Waals surface area contributed by atoms with Crippen LogP contribution in [0.1, 0.15) is 17.7 Å². The van der Waals surface area contributed by atoms with Gasteiger partial charge in [0, 0.05) is 18.3 Å². The highest BCUT2D eigenvalue weighted by Gasteiger charge is 2.00. The Balaban J connectivity index is 1.88. The molecule has 0 fully saturated rings. The summed E-state index contributed by atoms with van der Waals surface area (Å²) in [6, 6.07) is 14.4. The van der Waals surface area contributed by atoms with Crippen molar-refractivity contribution in [3.8, 4) is 11.8 Å². The predicted octanol–water partition coefficient (Wildman–Crippen LogP) is 2.50. The summed E-state index contributed by atoms with van der Waals surface area (Å²) in [5.74, 6) is 0.682. The molecule has 102 valence electrons. The van der Waals surface area contributed by atoms with Crippen molar-refractivity contribution < 1.29 is 4.74 Å². The van der Waals surface area contributed by atoms with Crippen LogP contribution in [0.15, 0.2) is 47.3 Å². The molecule has 0 saturated carbocycles. The van der Waals surface area contributed by atoms with E-state index in [-0.39, 0.29) is 5.56 Å². The maximum atomic E-state index is 11.7. The molecule has 2 rings (SSSR count). The highest BCUT2D eigenvalue weighted by Crippen LogP contribution is 2.12. The van der Waals surface area contributed by atoms with Crippen LogP contribution in [-0.2, 0) is 6.54 Å². The molecule has 1 aromatic heterocycles. The summed E-state index contributed by atoms with van der Waals surface area (Å²) >= 11 is 0. The molecule has 4 heteroatoms. The molecule has 0 N–H and O–H groups in total. The van der Waals surface area contributed by atoms with Crippen molar-refractivity contribution in [2.24, 2.45) is 0 Å². The van der Waals surface area contributed by atoms with Gasteiger partial charge in [-0.1, -0.05) is 12.1 Å². The van der Waals surface area contributed by atoms with Crippen molar-refractivity contribution in [3.63, 3.8) is 0 Å². The summed E-state index contributed by atoms with van der Waals surface area (Å²) in [5.41, 5.74) is 1.54. The lowest BCUT2D eigenvalue weighted by molar-refractivity contribution is 0.300. The molecule has 0 bridgehead atoms. The first-order valence-corrected chi connectivity index (χ1v) is 6.50. The molecule has 0 amide bonds. The fourth-order valence-electron chi connectivity index (χ4n) is 1.98. The maximum absolute atomic E-state index is 11.7. The number of rotatable bonds is 5. The molecule has 0 saturated heterocycles. The number of aromatic nitrogens is 1. The Kier molecular flexibility index (Phi) is 4.56. The molecule has 0 aliphatic heterocycles. The topological polar surface area (TPSA) is 55.0 Å². The zero-order valence-electron chi connectivity index (χ0n) is 11.4. The fraction of sp³-hybridized carbons (Fsp3) is 0.250.